The molecule has 0 radical (unpaired) electrons. The average molecular weight is 417 g/mol. The Bertz CT molecular complexity index is 1010. The Morgan fingerprint density at radius 3 is 2.64 bits per heavy atom. The summed E-state index contributed by atoms with van der Waals surface area (Å²) in [6.07, 6.45) is 1.01. The molecule has 0 saturated heterocycles. The number of nitrogens with zero attached hydrogens (tertiary/aromatic N) is 4. The molecule has 1 N–H and O–H groups in total. The van der Waals surface area contributed by atoms with Gasteiger partial charge < -0.3 is 13.8 Å². The van der Waals surface area contributed by atoms with E-state index >= 15 is 0 Å². The average Bonchev–Trinajstić information content (AvgIpc) is 3.44. The molecule has 3 aromatic heterocycles. The fourth-order valence-electron chi connectivity index (χ4n) is 2.89. The van der Waals surface area contributed by atoms with Crippen molar-refractivity contribution < 1.29 is 13.8 Å². The van der Waals surface area contributed by atoms with Gasteiger partial charge in [0.15, 0.2) is 13.1 Å². The Hall–Kier alpha value is -2.55. The Morgan fingerprint density at radius 2 is 1.89 bits per heavy atom. The summed E-state index contributed by atoms with van der Waals surface area (Å²) < 4.78 is 11.3. The molecule has 1 aromatic carbocycles. The third kappa shape index (κ3) is 4.46. The van der Waals surface area contributed by atoms with Crippen LogP contribution in [0.25, 0.3) is 22.2 Å². The molecule has 0 bridgehead atoms. The van der Waals surface area contributed by atoms with E-state index in [2.05, 4.69) is 27.3 Å². The first-order valence-corrected chi connectivity index (χ1v) is 10.3. The van der Waals surface area contributed by atoms with Gasteiger partial charge in [0.1, 0.15) is 0 Å². The lowest BCUT2D eigenvalue weighted by molar-refractivity contribution is -0.930. The molecular weight excluding hydrogens is 398 g/mol. The van der Waals surface area contributed by atoms with E-state index in [0.29, 0.717) is 41.6 Å². The predicted octanol–water partition coefficient (Wildman–Crippen LogP) is 3.50. The van der Waals surface area contributed by atoms with Crippen molar-refractivity contribution in [2.75, 3.05) is 6.54 Å². The molecule has 28 heavy (non-hydrogen) atoms. The summed E-state index contributed by atoms with van der Waals surface area (Å²) in [5.74, 6) is 2.29. The second-order valence-corrected chi connectivity index (χ2v) is 7.73. The van der Waals surface area contributed by atoms with Gasteiger partial charge in [0, 0.05) is 10.6 Å². The van der Waals surface area contributed by atoms with Gasteiger partial charge in [0.25, 0.3) is 17.7 Å². The lowest BCUT2D eigenvalue weighted by Crippen LogP contribution is -3.09. The maximum atomic E-state index is 5.93. The second-order valence-electron chi connectivity index (χ2n) is 6.35. The first-order valence-electron chi connectivity index (χ1n) is 8.99. The van der Waals surface area contributed by atoms with Crippen LogP contribution in [0.15, 0.2) is 50.7 Å². The second kappa shape index (κ2) is 8.64. The van der Waals surface area contributed by atoms with E-state index in [-0.39, 0.29) is 0 Å². The summed E-state index contributed by atoms with van der Waals surface area (Å²) in [4.78, 5) is 6.70. The zero-order valence-corrected chi connectivity index (χ0v) is 16.8. The third-order valence-electron chi connectivity index (χ3n) is 4.18. The van der Waals surface area contributed by atoms with Gasteiger partial charge in [-0.05, 0) is 42.1 Å². The Balaban J connectivity index is 1.44. The minimum atomic E-state index is 0.556. The van der Waals surface area contributed by atoms with Crippen molar-refractivity contribution in [2.45, 2.75) is 26.4 Å². The number of quaternary nitrogens is 1. The van der Waals surface area contributed by atoms with Gasteiger partial charge in [-0.2, -0.15) is 4.98 Å². The number of aromatic nitrogens is 4. The number of benzene rings is 1. The molecule has 3 heterocycles. The van der Waals surface area contributed by atoms with Crippen LogP contribution in [-0.4, -0.2) is 26.9 Å². The molecule has 0 saturated carbocycles. The van der Waals surface area contributed by atoms with Crippen molar-refractivity contribution in [3.63, 3.8) is 0 Å². The first-order chi connectivity index (χ1) is 13.7. The largest absolute Gasteiger partial charge is 0.414 e. The zero-order valence-electron chi connectivity index (χ0n) is 15.3. The van der Waals surface area contributed by atoms with Crippen LogP contribution in [0, 0.1) is 0 Å². The Morgan fingerprint density at radius 1 is 1.07 bits per heavy atom. The SMILES string of the molecule is CCC[NH+](Cc1nc(-c2ccc(Cl)cc2)no1)Cc1nnc(-c2cccs2)o1. The minimum absolute atomic E-state index is 0.556. The lowest BCUT2D eigenvalue weighted by atomic mass is 10.2. The Kier molecular flexibility index (Phi) is 5.80. The molecule has 0 aliphatic heterocycles. The van der Waals surface area contributed by atoms with E-state index in [0.717, 1.165) is 23.4 Å². The fourth-order valence-corrected chi connectivity index (χ4v) is 3.66. The van der Waals surface area contributed by atoms with Gasteiger partial charge in [0.05, 0.1) is 11.4 Å². The maximum Gasteiger partial charge on any atom is 0.282 e. The van der Waals surface area contributed by atoms with Crippen LogP contribution in [0.5, 0.6) is 0 Å². The fraction of sp³-hybridized carbons (Fsp3) is 0.263. The first kappa shape index (κ1) is 18.8. The van der Waals surface area contributed by atoms with Gasteiger partial charge in [0.2, 0.25) is 5.82 Å². The molecule has 0 aliphatic carbocycles. The number of nitrogens with one attached hydrogen (secondary N) is 1. The van der Waals surface area contributed by atoms with Crippen LogP contribution < -0.4 is 4.90 Å². The molecule has 0 amide bonds. The molecular formula is C19H19ClN5O2S+. The highest BCUT2D eigenvalue weighted by molar-refractivity contribution is 7.13. The summed E-state index contributed by atoms with van der Waals surface area (Å²) in [6, 6.07) is 11.3. The smallest absolute Gasteiger partial charge is 0.282 e. The summed E-state index contributed by atoms with van der Waals surface area (Å²) in [5, 5.41) is 15.1. The van der Waals surface area contributed by atoms with Crippen molar-refractivity contribution in [3.05, 3.63) is 58.6 Å². The normalized spacial score (nSPS) is 12.4. The monoisotopic (exact) mass is 416 g/mol. The van der Waals surface area contributed by atoms with Gasteiger partial charge >= 0.3 is 0 Å². The van der Waals surface area contributed by atoms with Gasteiger partial charge in [-0.25, -0.2) is 0 Å². The molecule has 1 unspecified atom stereocenters. The highest BCUT2D eigenvalue weighted by Crippen LogP contribution is 2.22. The van der Waals surface area contributed by atoms with Crippen LogP contribution in [-0.2, 0) is 13.1 Å². The van der Waals surface area contributed by atoms with Crippen LogP contribution >= 0.6 is 22.9 Å². The van der Waals surface area contributed by atoms with Crippen molar-refractivity contribution in [3.8, 4) is 22.2 Å². The highest BCUT2D eigenvalue weighted by Gasteiger charge is 2.19. The number of halogens is 1. The van der Waals surface area contributed by atoms with Crippen LogP contribution in [0.4, 0.5) is 0 Å². The van der Waals surface area contributed by atoms with E-state index in [9.17, 15) is 0 Å². The maximum absolute atomic E-state index is 5.93. The molecule has 0 fully saturated rings. The zero-order chi connectivity index (χ0) is 19.3. The van der Waals surface area contributed by atoms with Crippen molar-refractivity contribution in [1.82, 2.24) is 20.3 Å². The van der Waals surface area contributed by atoms with E-state index in [1.165, 1.54) is 4.90 Å². The molecule has 0 aliphatic rings. The van der Waals surface area contributed by atoms with Gasteiger partial charge in [-0.15, -0.1) is 21.5 Å². The number of hydrogen-bond donors (Lipinski definition) is 1. The number of hydrogen-bond acceptors (Lipinski definition) is 7. The summed E-state index contributed by atoms with van der Waals surface area (Å²) in [5.41, 5.74) is 0.869. The summed E-state index contributed by atoms with van der Waals surface area (Å²) in [7, 11) is 0. The van der Waals surface area contributed by atoms with E-state index in [1.807, 2.05) is 41.8 Å². The molecule has 4 aromatic rings. The molecule has 7 nitrogen and oxygen atoms in total. The van der Waals surface area contributed by atoms with E-state index in [1.54, 1.807) is 11.3 Å². The molecule has 4 rings (SSSR count). The summed E-state index contributed by atoms with van der Waals surface area (Å²) in [6.45, 7) is 4.25. The van der Waals surface area contributed by atoms with Gasteiger partial charge in [-0.1, -0.05) is 29.7 Å². The molecule has 9 heteroatoms. The molecule has 144 valence electrons. The quantitative estimate of drug-likeness (QED) is 0.473. The lowest BCUT2D eigenvalue weighted by Gasteiger charge is -2.14. The van der Waals surface area contributed by atoms with Crippen molar-refractivity contribution >= 4 is 22.9 Å². The topological polar surface area (TPSA) is 82.3 Å². The minimum Gasteiger partial charge on any atom is -0.414 e. The molecule has 1 atom stereocenters. The van der Waals surface area contributed by atoms with E-state index < -0.39 is 0 Å². The number of thiophene rings is 1. The van der Waals surface area contributed by atoms with Gasteiger partial charge in [-0.3, -0.25) is 0 Å². The van der Waals surface area contributed by atoms with Crippen LogP contribution in [0.2, 0.25) is 5.02 Å². The summed E-state index contributed by atoms with van der Waals surface area (Å²) >= 11 is 7.51. The van der Waals surface area contributed by atoms with Crippen molar-refractivity contribution in [2.24, 2.45) is 0 Å². The van der Waals surface area contributed by atoms with Crippen LogP contribution in [0.1, 0.15) is 25.1 Å². The standard InChI is InChI=1S/C19H18ClN5O2S/c1-2-9-25(12-17-22-23-19(26-17)15-4-3-10-28-15)11-16-21-18(24-27-16)13-5-7-14(20)8-6-13/h3-8,10H,2,9,11-12H2,1H3/p+1. The van der Waals surface area contributed by atoms with E-state index in [4.69, 9.17) is 20.5 Å². The molecule has 0 spiro atoms. The van der Waals surface area contributed by atoms with Crippen molar-refractivity contribution in [1.29, 1.82) is 0 Å². The number of rotatable bonds is 8. The highest BCUT2D eigenvalue weighted by atomic mass is 35.5. The third-order valence-corrected chi connectivity index (χ3v) is 5.29. The van der Waals surface area contributed by atoms with Crippen LogP contribution in [0.3, 0.4) is 0 Å². The predicted molar refractivity (Wildman–Crippen MR) is 106 cm³/mol. The Labute approximate surface area is 171 Å².